The highest BCUT2D eigenvalue weighted by molar-refractivity contribution is 5.44. The van der Waals surface area contributed by atoms with E-state index in [4.69, 9.17) is 0 Å². The molecule has 16 heavy (non-hydrogen) atoms. The fourth-order valence-electron chi connectivity index (χ4n) is 1.81. The van der Waals surface area contributed by atoms with Crippen LogP contribution < -0.4 is 5.32 Å². The van der Waals surface area contributed by atoms with Crippen LogP contribution in [0, 0.1) is 0 Å². The fourth-order valence-corrected chi connectivity index (χ4v) is 1.81. The number of fused-ring (bicyclic) bond motifs is 1. The summed E-state index contributed by atoms with van der Waals surface area (Å²) in [6, 6.07) is 2.11. The van der Waals surface area contributed by atoms with Gasteiger partial charge >= 0.3 is 0 Å². The van der Waals surface area contributed by atoms with E-state index in [1.165, 1.54) is 5.56 Å². The van der Waals surface area contributed by atoms with Gasteiger partial charge < -0.3 is 5.32 Å². The van der Waals surface area contributed by atoms with Crippen LogP contribution in [0.2, 0.25) is 0 Å². The Labute approximate surface area is 93.0 Å². The Kier molecular flexibility index (Phi) is 2.11. The maximum Gasteiger partial charge on any atom is 0.197 e. The lowest BCUT2D eigenvalue weighted by molar-refractivity contribution is 0.631. The molecule has 0 aliphatic carbocycles. The topological polar surface area (TPSA) is 63.6 Å². The van der Waals surface area contributed by atoms with Crippen molar-refractivity contribution in [1.29, 1.82) is 0 Å². The number of rotatable bonds is 1. The molecule has 1 aliphatic heterocycles. The molecule has 0 saturated carbocycles. The van der Waals surface area contributed by atoms with Gasteiger partial charge in [-0.2, -0.15) is 0 Å². The molecule has 1 atom stereocenters. The zero-order valence-corrected chi connectivity index (χ0v) is 8.88. The molecule has 5 nitrogen and oxygen atoms in total. The lowest BCUT2D eigenvalue weighted by Gasteiger charge is -2.03. The first-order valence-electron chi connectivity index (χ1n) is 5.21. The Bertz CT molecular complexity index is 511. The van der Waals surface area contributed by atoms with Crippen molar-refractivity contribution in [3.05, 3.63) is 35.9 Å². The van der Waals surface area contributed by atoms with Crippen LogP contribution in [0.4, 0.5) is 0 Å². The van der Waals surface area contributed by atoms with Crippen LogP contribution in [0.3, 0.4) is 0 Å². The van der Waals surface area contributed by atoms with Crippen molar-refractivity contribution < 1.29 is 0 Å². The van der Waals surface area contributed by atoms with Crippen molar-refractivity contribution in [2.24, 2.45) is 0 Å². The summed E-state index contributed by atoms with van der Waals surface area (Å²) >= 11 is 0. The molecule has 0 saturated heterocycles. The Morgan fingerprint density at radius 2 is 2.00 bits per heavy atom. The second-order valence-corrected chi connectivity index (χ2v) is 3.77. The van der Waals surface area contributed by atoms with E-state index in [0.29, 0.717) is 17.7 Å². The van der Waals surface area contributed by atoms with Crippen LogP contribution in [-0.4, -0.2) is 19.9 Å². The van der Waals surface area contributed by atoms with Crippen LogP contribution in [0.15, 0.2) is 24.7 Å². The monoisotopic (exact) mass is 213 g/mol. The Hall–Kier alpha value is -1.88. The normalized spacial score (nSPS) is 18.4. The van der Waals surface area contributed by atoms with Gasteiger partial charge in [-0.1, -0.05) is 0 Å². The minimum Gasteiger partial charge on any atom is -0.304 e. The predicted molar refractivity (Wildman–Crippen MR) is 58.3 cm³/mol. The number of hydrogen-bond acceptors (Lipinski definition) is 5. The van der Waals surface area contributed by atoms with Gasteiger partial charge in [0.05, 0.1) is 5.69 Å². The zero-order chi connectivity index (χ0) is 11.0. The predicted octanol–water partition coefficient (Wildman–Crippen LogP) is 1.10. The quantitative estimate of drug-likeness (QED) is 0.768. The minimum absolute atomic E-state index is 0.334. The average molecular weight is 213 g/mol. The molecular formula is C11H11N5. The second-order valence-electron chi connectivity index (χ2n) is 3.77. The SMILES string of the molecule is CC1NCc2nc(-c3ncccn3)ncc21. The molecule has 5 heteroatoms. The van der Waals surface area contributed by atoms with Crippen LogP contribution in [0.1, 0.15) is 24.2 Å². The van der Waals surface area contributed by atoms with E-state index >= 15 is 0 Å². The highest BCUT2D eigenvalue weighted by Gasteiger charge is 2.20. The standard InChI is InChI=1S/C11H11N5/c1-7-8-5-15-11(16-9(8)6-14-7)10-12-3-2-4-13-10/h2-5,7,14H,6H2,1H3. The first-order valence-corrected chi connectivity index (χ1v) is 5.21. The van der Waals surface area contributed by atoms with Gasteiger partial charge in [0.2, 0.25) is 0 Å². The molecule has 3 rings (SSSR count). The van der Waals surface area contributed by atoms with E-state index in [1.807, 2.05) is 6.20 Å². The van der Waals surface area contributed by atoms with Crippen molar-refractivity contribution >= 4 is 0 Å². The molecule has 3 heterocycles. The van der Waals surface area contributed by atoms with E-state index in [-0.39, 0.29) is 0 Å². The summed E-state index contributed by atoms with van der Waals surface area (Å²) < 4.78 is 0. The third-order valence-corrected chi connectivity index (χ3v) is 2.71. The van der Waals surface area contributed by atoms with Crippen LogP contribution in [-0.2, 0) is 6.54 Å². The number of aromatic nitrogens is 4. The zero-order valence-electron chi connectivity index (χ0n) is 8.88. The van der Waals surface area contributed by atoms with Crippen LogP contribution in [0.25, 0.3) is 11.6 Å². The molecule has 0 aromatic carbocycles. The van der Waals surface area contributed by atoms with Gasteiger partial charge in [0.15, 0.2) is 11.6 Å². The maximum absolute atomic E-state index is 4.48. The summed E-state index contributed by atoms with van der Waals surface area (Å²) in [5, 5.41) is 3.32. The molecule has 0 fully saturated rings. The van der Waals surface area contributed by atoms with Gasteiger partial charge in [0.1, 0.15) is 0 Å². The first kappa shape index (κ1) is 9.35. The summed E-state index contributed by atoms with van der Waals surface area (Å²) in [6.07, 6.45) is 5.25. The van der Waals surface area contributed by atoms with Crippen molar-refractivity contribution in [1.82, 2.24) is 25.3 Å². The number of nitrogens with one attached hydrogen (secondary N) is 1. The fraction of sp³-hybridized carbons (Fsp3) is 0.273. The lowest BCUT2D eigenvalue weighted by Crippen LogP contribution is -2.07. The van der Waals surface area contributed by atoms with Crippen LogP contribution in [0.5, 0.6) is 0 Å². The number of hydrogen-bond donors (Lipinski definition) is 1. The third kappa shape index (κ3) is 1.45. The smallest absolute Gasteiger partial charge is 0.197 e. The maximum atomic E-state index is 4.48. The molecule has 0 bridgehead atoms. The molecule has 0 radical (unpaired) electrons. The summed E-state index contributed by atoms with van der Waals surface area (Å²) in [5.74, 6) is 1.17. The molecule has 80 valence electrons. The Morgan fingerprint density at radius 1 is 1.19 bits per heavy atom. The molecule has 1 aliphatic rings. The van der Waals surface area contributed by atoms with Gasteiger partial charge in [-0.05, 0) is 13.0 Å². The summed E-state index contributed by atoms with van der Waals surface area (Å²) in [4.78, 5) is 17.0. The van der Waals surface area contributed by atoms with Gasteiger partial charge in [0, 0.05) is 36.7 Å². The summed E-state index contributed by atoms with van der Waals surface area (Å²) in [7, 11) is 0. The molecule has 2 aromatic rings. The largest absolute Gasteiger partial charge is 0.304 e. The van der Waals surface area contributed by atoms with E-state index in [0.717, 1.165) is 12.2 Å². The van der Waals surface area contributed by atoms with Crippen LogP contribution >= 0.6 is 0 Å². The third-order valence-electron chi connectivity index (χ3n) is 2.71. The Morgan fingerprint density at radius 3 is 2.81 bits per heavy atom. The first-order chi connectivity index (χ1) is 7.84. The van der Waals surface area contributed by atoms with E-state index in [2.05, 4.69) is 32.2 Å². The average Bonchev–Trinajstić information content (AvgIpc) is 2.72. The highest BCUT2D eigenvalue weighted by atomic mass is 15.0. The Balaban J connectivity index is 2.06. The molecule has 0 amide bonds. The van der Waals surface area contributed by atoms with Gasteiger partial charge in [-0.15, -0.1) is 0 Å². The van der Waals surface area contributed by atoms with Crippen molar-refractivity contribution in [2.75, 3.05) is 0 Å². The highest BCUT2D eigenvalue weighted by Crippen LogP contribution is 2.23. The van der Waals surface area contributed by atoms with Gasteiger partial charge in [-0.25, -0.2) is 19.9 Å². The van der Waals surface area contributed by atoms with Crippen molar-refractivity contribution in [3.63, 3.8) is 0 Å². The minimum atomic E-state index is 0.334. The van der Waals surface area contributed by atoms with E-state index < -0.39 is 0 Å². The molecule has 0 spiro atoms. The summed E-state index contributed by atoms with van der Waals surface area (Å²) in [5.41, 5.74) is 2.21. The molecule has 1 N–H and O–H groups in total. The lowest BCUT2D eigenvalue weighted by atomic mass is 10.2. The van der Waals surface area contributed by atoms with Gasteiger partial charge in [-0.3, -0.25) is 0 Å². The van der Waals surface area contributed by atoms with Crippen molar-refractivity contribution in [3.8, 4) is 11.6 Å². The molecule has 2 aromatic heterocycles. The van der Waals surface area contributed by atoms with E-state index in [9.17, 15) is 0 Å². The second kappa shape index (κ2) is 3.61. The molecular weight excluding hydrogens is 202 g/mol. The summed E-state index contributed by atoms with van der Waals surface area (Å²) in [6.45, 7) is 2.90. The number of nitrogens with zero attached hydrogens (tertiary/aromatic N) is 4. The van der Waals surface area contributed by atoms with Crippen molar-refractivity contribution in [2.45, 2.75) is 19.5 Å². The van der Waals surface area contributed by atoms with E-state index in [1.54, 1.807) is 18.5 Å². The molecule has 1 unspecified atom stereocenters. The van der Waals surface area contributed by atoms with Gasteiger partial charge in [0.25, 0.3) is 0 Å².